The summed E-state index contributed by atoms with van der Waals surface area (Å²) in [6, 6.07) is 9.35. The van der Waals surface area contributed by atoms with Gasteiger partial charge in [0.25, 0.3) is 0 Å². The summed E-state index contributed by atoms with van der Waals surface area (Å²) in [5.74, 6) is -0.122. The molecule has 2 fully saturated rings. The van der Waals surface area contributed by atoms with Gasteiger partial charge in [-0.15, -0.1) is 0 Å². The third-order valence-corrected chi connectivity index (χ3v) is 4.79. The fourth-order valence-electron chi connectivity index (χ4n) is 3.43. The summed E-state index contributed by atoms with van der Waals surface area (Å²) in [4.78, 5) is 27.2. The van der Waals surface area contributed by atoms with Gasteiger partial charge < -0.3 is 15.0 Å². The molecule has 0 bridgehead atoms. The topological polar surface area (TPSA) is 58.6 Å². The van der Waals surface area contributed by atoms with E-state index in [-0.39, 0.29) is 11.8 Å². The number of ether oxygens (including phenoxy) is 1. The number of hydrogen-bond donors (Lipinski definition) is 1. The average Bonchev–Trinajstić information content (AvgIpc) is 3.17. The van der Waals surface area contributed by atoms with Crippen LogP contribution in [-0.4, -0.2) is 48.6 Å². The van der Waals surface area contributed by atoms with Crippen molar-refractivity contribution in [2.75, 3.05) is 19.7 Å². The lowest BCUT2D eigenvalue weighted by molar-refractivity contribution is -0.139. The van der Waals surface area contributed by atoms with Crippen molar-refractivity contribution < 1.29 is 14.3 Å². The molecule has 24 heavy (non-hydrogen) atoms. The number of amides is 2. The molecule has 3 rings (SSSR count). The van der Waals surface area contributed by atoms with Gasteiger partial charge in [-0.2, -0.15) is 0 Å². The van der Waals surface area contributed by atoms with Crippen molar-refractivity contribution in [3.8, 4) is 0 Å². The summed E-state index contributed by atoms with van der Waals surface area (Å²) in [5, 5.41) is 2.95. The maximum atomic E-state index is 12.9. The smallest absolute Gasteiger partial charge is 0.249 e. The molecule has 1 aromatic carbocycles. The van der Waals surface area contributed by atoms with Gasteiger partial charge in [-0.1, -0.05) is 30.3 Å². The molecule has 0 radical (unpaired) electrons. The third kappa shape index (κ3) is 4.35. The monoisotopic (exact) mass is 330 g/mol. The van der Waals surface area contributed by atoms with E-state index in [1.165, 1.54) is 6.42 Å². The number of nitrogens with one attached hydrogen (secondary N) is 1. The average molecular weight is 330 g/mol. The molecule has 0 aliphatic carbocycles. The summed E-state index contributed by atoms with van der Waals surface area (Å²) in [6.45, 7) is 2.21. The van der Waals surface area contributed by atoms with Crippen molar-refractivity contribution in [3.05, 3.63) is 35.9 Å². The Morgan fingerprint density at radius 3 is 2.54 bits per heavy atom. The Labute approximate surface area is 143 Å². The first-order valence-electron chi connectivity index (χ1n) is 8.99. The molecule has 5 nitrogen and oxygen atoms in total. The number of hydrogen-bond acceptors (Lipinski definition) is 3. The van der Waals surface area contributed by atoms with Crippen molar-refractivity contribution in [3.63, 3.8) is 0 Å². The minimum Gasteiger partial charge on any atom is -0.368 e. The molecule has 2 saturated heterocycles. The van der Waals surface area contributed by atoms with Gasteiger partial charge in [-0.25, -0.2) is 0 Å². The van der Waals surface area contributed by atoms with Crippen molar-refractivity contribution in [2.24, 2.45) is 0 Å². The summed E-state index contributed by atoms with van der Waals surface area (Å²) in [7, 11) is 0. The van der Waals surface area contributed by atoms with Crippen molar-refractivity contribution in [2.45, 2.75) is 50.7 Å². The molecule has 5 heteroatoms. The fraction of sp³-hybridized carbons (Fsp3) is 0.579. The highest BCUT2D eigenvalue weighted by Crippen LogP contribution is 2.15. The lowest BCUT2D eigenvalue weighted by atomic mass is 10.0. The Kier molecular flexibility index (Phi) is 5.86. The van der Waals surface area contributed by atoms with Crippen LogP contribution in [0.1, 0.15) is 37.7 Å². The molecular formula is C19H26N2O3. The molecule has 2 aliphatic heterocycles. The first-order chi connectivity index (χ1) is 11.7. The van der Waals surface area contributed by atoms with Gasteiger partial charge in [0.2, 0.25) is 11.8 Å². The highest BCUT2D eigenvalue weighted by molar-refractivity contribution is 5.89. The van der Waals surface area contributed by atoms with Crippen LogP contribution in [0.5, 0.6) is 0 Å². The van der Waals surface area contributed by atoms with Gasteiger partial charge in [0.05, 0.1) is 0 Å². The van der Waals surface area contributed by atoms with E-state index >= 15 is 0 Å². The number of carbonyl (C=O) groups excluding carboxylic acids is 2. The van der Waals surface area contributed by atoms with Crippen LogP contribution in [-0.2, 0) is 20.7 Å². The Bertz CT molecular complexity index is 549. The third-order valence-electron chi connectivity index (χ3n) is 4.79. The molecule has 130 valence electrons. The molecular weight excluding hydrogens is 304 g/mol. The molecule has 2 heterocycles. The number of carbonyl (C=O) groups is 2. The molecule has 2 atom stereocenters. The van der Waals surface area contributed by atoms with Crippen LogP contribution >= 0.6 is 0 Å². The van der Waals surface area contributed by atoms with E-state index in [1.54, 1.807) is 0 Å². The van der Waals surface area contributed by atoms with Gasteiger partial charge in [0.1, 0.15) is 12.1 Å². The maximum absolute atomic E-state index is 12.9. The molecule has 1 N–H and O–H groups in total. The predicted octanol–water partition coefficient (Wildman–Crippen LogP) is 1.91. The highest BCUT2D eigenvalue weighted by Gasteiger charge is 2.31. The highest BCUT2D eigenvalue weighted by atomic mass is 16.5. The number of likely N-dealkylation sites (tertiary alicyclic amines) is 1. The predicted molar refractivity (Wildman–Crippen MR) is 91.5 cm³/mol. The summed E-state index contributed by atoms with van der Waals surface area (Å²) >= 11 is 0. The first kappa shape index (κ1) is 17.0. The van der Waals surface area contributed by atoms with Crippen molar-refractivity contribution >= 4 is 11.8 Å². The lowest BCUT2D eigenvalue weighted by Crippen LogP contribution is -2.52. The normalized spacial score (nSPS) is 22.2. The van der Waals surface area contributed by atoms with E-state index in [2.05, 4.69) is 5.32 Å². The second-order valence-electron chi connectivity index (χ2n) is 6.64. The number of nitrogens with zero attached hydrogens (tertiary/aromatic N) is 1. The van der Waals surface area contributed by atoms with Gasteiger partial charge in [-0.05, 0) is 37.7 Å². The Morgan fingerprint density at radius 1 is 1.12 bits per heavy atom. The minimum absolute atomic E-state index is 0.0323. The number of rotatable bonds is 5. The second kappa shape index (κ2) is 8.29. The molecule has 2 aliphatic rings. The number of benzene rings is 1. The van der Waals surface area contributed by atoms with Crippen LogP contribution in [0.4, 0.5) is 0 Å². The van der Waals surface area contributed by atoms with E-state index in [0.717, 1.165) is 44.3 Å². The zero-order chi connectivity index (χ0) is 16.8. The van der Waals surface area contributed by atoms with E-state index in [4.69, 9.17) is 4.74 Å². The molecule has 2 amide bonds. The molecule has 0 saturated carbocycles. The van der Waals surface area contributed by atoms with Crippen LogP contribution in [0, 0.1) is 0 Å². The molecule has 0 aromatic heterocycles. The summed E-state index contributed by atoms with van der Waals surface area (Å²) < 4.78 is 5.45. The van der Waals surface area contributed by atoms with Crippen LogP contribution in [0.15, 0.2) is 30.3 Å². The van der Waals surface area contributed by atoms with Gasteiger partial charge in [-0.3, -0.25) is 9.59 Å². The van der Waals surface area contributed by atoms with Crippen LogP contribution in [0.25, 0.3) is 0 Å². The maximum Gasteiger partial charge on any atom is 0.249 e. The molecule has 1 aromatic rings. The van der Waals surface area contributed by atoms with Crippen LogP contribution in [0.2, 0.25) is 0 Å². The Hall–Kier alpha value is -1.88. The summed E-state index contributed by atoms with van der Waals surface area (Å²) in [6.07, 6.45) is 5.03. The minimum atomic E-state index is -0.512. The van der Waals surface area contributed by atoms with E-state index in [1.807, 2.05) is 35.2 Å². The SMILES string of the molecule is O=C(N[C@H](Cc1ccccc1)C(=O)N1CCCCC1)C1CCCO1. The largest absolute Gasteiger partial charge is 0.368 e. The molecule has 1 unspecified atom stereocenters. The number of piperidine rings is 1. The first-order valence-corrected chi connectivity index (χ1v) is 8.99. The van der Waals surface area contributed by atoms with Gasteiger partial charge >= 0.3 is 0 Å². The van der Waals surface area contributed by atoms with Crippen molar-refractivity contribution in [1.29, 1.82) is 0 Å². The van der Waals surface area contributed by atoms with Gasteiger partial charge in [0.15, 0.2) is 0 Å². The van der Waals surface area contributed by atoms with Crippen LogP contribution < -0.4 is 5.32 Å². The summed E-state index contributed by atoms with van der Waals surface area (Å²) in [5.41, 5.74) is 1.06. The van der Waals surface area contributed by atoms with E-state index in [0.29, 0.717) is 13.0 Å². The fourth-order valence-corrected chi connectivity index (χ4v) is 3.43. The molecule has 0 spiro atoms. The zero-order valence-corrected chi connectivity index (χ0v) is 14.1. The van der Waals surface area contributed by atoms with E-state index in [9.17, 15) is 9.59 Å². The quantitative estimate of drug-likeness (QED) is 0.897. The standard InChI is InChI=1S/C19H26N2O3/c22-18(17-10-7-13-24-17)20-16(14-15-8-3-1-4-9-15)19(23)21-11-5-2-6-12-21/h1,3-4,8-9,16-17H,2,5-7,10-14H2,(H,20,22)/t16-,17?/m1/s1. The van der Waals surface area contributed by atoms with Gasteiger partial charge in [0, 0.05) is 26.1 Å². The Balaban J connectivity index is 1.69. The second-order valence-corrected chi connectivity index (χ2v) is 6.64. The van der Waals surface area contributed by atoms with Crippen LogP contribution in [0.3, 0.4) is 0 Å². The van der Waals surface area contributed by atoms with Crippen molar-refractivity contribution in [1.82, 2.24) is 10.2 Å². The zero-order valence-electron chi connectivity index (χ0n) is 14.1. The van der Waals surface area contributed by atoms with E-state index < -0.39 is 12.1 Å². The Morgan fingerprint density at radius 2 is 1.88 bits per heavy atom. The lowest BCUT2D eigenvalue weighted by Gasteiger charge is -2.31.